The molecule has 1 unspecified atom stereocenters. The Kier molecular flexibility index (Phi) is 4.36. The van der Waals surface area contributed by atoms with E-state index in [9.17, 15) is 4.79 Å². The van der Waals surface area contributed by atoms with Crippen molar-refractivity contribution in [3.05, 3.63) is 64.2 Å². The molecule has 0 amide bonds. The summed E-state index contributed by atoms with van der Waals surface area (Å²) in [4.78, 5) is 19.5. The molecule has 138 valence electrons. The molecule has 0 bridgehead atoms. The maximum absolute atomic E-state index is 12.6. The highest BCUT2D eigenvalue weighted by Crippen LogP contribution is 2.31. The van der Waals surface area contributed by atoms with Gasteiger partial charge in [0.1, 0.15) is 0 Å². The van der Waals surface area contributed by atoms with Crippen LogP contribution in [0.5, 0.6) is 0 Å². The van der Waals surface area contributed by atoms with Crippen LogP contribution >= 0.6 is 11.8 Å². The van der Waals surface area contributed by atoms with Crippen molar-refractivity contribution < 1.29 is 0 Å². The Hall–Kier alpha value is -2.34. The van der Waals surface area contributed by atoms with Gasteiger partial charge in [-0.2, -0.15) is 16.9 Å². The van der Waals surface area contributed by atoms with Crippen molar-refractivity contribution >= 4 is 28.4 Å². The number of anilines is 1. The van der Waals surface area contributed by atoms with E-state index >= 15 is 0 Å². The smallest absolute Gasteiger partial charge is 0.267 e. The summed E-state index contributed by atoms with van der Waals surface area (Å²) in [5.74, 6) is 2.01. The van der Waals surface area contributed by atoms with Crippen LogP contribution in [0.2, 0.25) is 0 Å². The molecule has 2 aliphatic rings. The molecule has 1 saturated heterocycles. The largest absolute Gasteiger partial charge is 0.366 e. The number of aryl methyl sites for hydroxylation is 1. The Balaban J connectivity index is 1.48. The van der Waals surface area contributed by atoms with Crippen molar-refractivity contribution in [3.63, 3.8) is 0 Å². The van der Waals surface area contributed by atoms with Crippen molar-refractivity contribution in [2.75, 3.05) is 17.2 Å². The zero-order chi connectivity index (χ0) is 18.2. The summed E-state index contributed by atoms with van der Waals surface area (Å²) in [7, 11) is 0. The quantitative estimate of drug-likeness (QED) is 0.700. The number of fused-ring (bicyclic) bond motifs is 2. The van der Waals surface area contributed by atoms with Crippen LogP contribution in [-0.2, 0) is 18.7 Å². The van der Waals surface area contributed by atoms with Gasteiger partial charge in [0, 0.05) is 48.1 Å². The lowest BCUT2D eigenvalue weighted by atomic mass is 10.1. The average Bonchev–Trinajstić information content (AvgIpc) is 3.16. The van der Waals surface area contributed by atoms with Crippen LogP contribution in [0.4, 0.5) is 5.69 Å². The van der Waals surface area contributed by atoms with Gasteiger partial charge in [-0.15, -0.1) is 0 Å². The van der Waals surface area contributed by atoms with Crippen LogP contribution < -0.4 is 10.5 Å². The molecule has 3 aromatic rings. The zero-order valence-corrected chi connectivity index (χ0v) is 16.0. The van der Waals surface area contributed by atoms with Crippen LogP contribution in [0.15, 0.2) is 47.4 Å². The summed E-state index contributed by atoms with van der Waals surface area (Å²) in [6, 6.07) is 12.5. The van der Waals surface area contributed by atoms with Crippen LogP contribution in [0.3, 0.4) is 0 Å². The molecule has 1 aromatic carbocycles. The molecule has 0 radical (unpaired) electrons. The van der Waals surface area contributed by atoms with E-state index in [4.69, 9.17) is 5.10 Å². The third-order valence-electron chi connectivity index (χ3n) is 5.60. The minimum Gasteiger partial charge on any atom is -0.366 e. The third kappa shape index (κ3) is 3.12. The highest BCUT2D eigenvalue weighted by Gasteiger charge is 2.27. The first-order chi connectivity index (χ1) is 13.3. The normalized spacial score (nSPS) is 19.4. The third-order valence-corrected chi connectivity index (χ3v) is 6.61. The second kappa shape index (κ2) is 7.00. The van der Waals surface area contributed by atoms with Crippen LogP contribution in [0.25, 0.3) is 10.9 Å². The van der Waals surface area contributed by atoms with Gasteiger partial charge in [-0.25, -0.2) is 4.68 Å². The monoisotopic (exact) mass is 378 g/mol. The van der Waals surface area contributed by atoms with Gasteiger partial charge in [-0.3, -0.25) is 9.78 Å². The summed E-state index contributed by atoms with van der Waals surface area (Å²) >= 11 is 1.88. The van der Waals surface area contributed by atoms with Gasteiger partial charge < -0.3 is 4.90 Å². The first kappa shape index (κ1) is 16.8. The van der Waals surface area contributed by atoms with Gasteiger partial charge >= 0.3 is 0 Å². The molecule has 0 spiro atoms. The Bertz CT molecular complexity index is 1040. The molecule has 4 heterocycles. The number of nitrogens with zero attached hydrogens (tertiary/aromatic N) is 4. The van der Waals surface area contributed by atoms with Gasteiger partial charge in [0.25, 0.3) is 5.56 Å². The molecule has 5 nitrogen and oxygen atoms in total. The van der Waals surface area contributed by atoms with Crippen LogP contribution in [0, 0.1) is 0 Å². The molecular formula is C21H22N4OS. The number of rotatable bonds is 3. The summed E-state index contributed by atoms with van der Waals surface area (Å²) in [5, 5.41) is 5.89. The van der Waals surface area contributed by atoms with Crippen LogP contribution in [-0.4, -0.2) is 33.1 Å². The molecule has 2 aliphatic heterocycles. The SMILES string of the molecule is O=c1cc2c(nn1CC1CCCN1c1ccnc3ccccc13)CCSC2. The first-order valence-corrected chi connectivity index (χ1v) is 10.7. The van der Waals surface area contributed by atoms with E-state index in [0.717, 1.165) is 54.1 Å². The topological polar surface area (TPSA) is 51.0 Å². The van der Waals surface area contributed by atoms with Crippen molar-refractivity contribution in [3.8, 4) is 0 Å². The number of aromatic nitrogens is 3. The average molecular weight is 379 g/mol. The van der Waals surface area contributed by atoms with E-state index in [1.54, 1.807) is 10.7 Å². The lowest BCUT2D eigenvalue weighted by molar-refractivity contribution is 0.481. The highest BCUT2D eigenvalue weighted by molar-refractivity contribution is 7.98. The molecule has 6 heteroatoms. The Morgan fingerprint density at radius 2 is 2.15 bits per heavy atom. The Morgan fingerprint density at radius 1 is 1.22 bits per heavy atom. The molecule has 1 atom stereocenters. The van der Waals surface area contributed by atoms with Gasteiger partial charge in [0.2, 0.25) is 0 Å². The van der Waals surface area contributed by atoms with Gasteiger partial charge in [-0.05, 0) is 36.3 Å². The molecular weight excluding hydrogens is 356 g/mol. The molecule has 27 heavy (non-hydrogen) atoms. The van der Waals surface area contributed by atoms with E-state index in [1.165, 1.54) is 11.1 Å². The second-order valence-corrected chi connectivity index (χ2v) is 8.38. The number of benzene rings is 1. The van der Waals surface area contributed by atoms with Crippen LogP contribution in [0.1, 0.15) is 24.1 Å². The minimum atomic E-state index is 0.0303. The van der Waals surface area contributed by atoms with E-state index in [1.807, 2.05) is 24.0 Å². The predicted molar refractivity (Wildman–Crippen MR) is 110 cm³/mol. The van der Waals surface area contributed by atoms with Crippen molar-refractivity contribution in [2.24, 2.45) is 0 Å². The van der Waals surface area contributed by atoms with E-state index in [2.05, 4.69) is 34.1 Å². The number of para-hydroxylation sites is 1. The number of pyridine rings is 1. The maximum atomic E-state index is 12.6. The molecule has 0 N–H and O–H groups in total. The van der Waals surface area contributed by atoms with Crippen molar-refractivity contribution in [1.82, 2.24) is 14.8 Å². The fourth-order valence-corrected chi connectivity index (χ4v) is 5.21. The number of hydrogen-bond donors (Lipinski definition) is 0. The number of hydrogen-bond acceptors (Lipinski definition) is 5. The lowest BCUT2D eigenvalue weighted by Gasteiger charge is -2.28. The minimum absolute atomic E-state index is 0.0303. The molecule has 5 rings (SSSR count). The summed E-state index contributed by atoms with van der Waals surface area (Å²) in [6.45, 7) is 1.66. The van der Waals surface area contributed by atoms with E-state index < -0.39 is 0 Å². The molecule has 2 aromatic heterocycles. The first-order valence-electron chi connectivity index (χ1n) is 9.58. The van der Waals surface area contributed by atoms with Crippen molar-refractivity contribution in [1.29, 1.82) is 0 Å². The summed E-state index contributed by atoms with van der Waals surface area (Å²) in [6.07, 6.45) is 5.06. The lowest BCUT2D eigenvalue weighted by Crippen LogP contribution is -2.38. The van der Waals surface area contributed by atoms with Crippen molar-refractivity contribution in [2.45, 2.75) is 37.6 Å². The second-order valence-electron chi connectivity index (χ2n) is 7.28. The van der Waals surface area contributed by atoms with E-state index in [0.29, 0.717) is 6.54 Å². The standard InChI is InChI=1S/C21H22N4OS/c26-21-12-15-14-27-11-8-18(15)23-25(21)13-16-4-3-10-24(16)20-7-9-22-19-6-2-1-5-17(19)20/h1-2,5-7,9,12,16H,3-4,8,10-11,13-14H2. The zero-order valence-electron chi connectivity index (χ0n) is 15.2. The van der Waals surface area contributed by atoms with E-state index in [-0.39, 0.29) is 11.6 Å². The Morgan fingerprint density at radius 3 is 3.11 bits per heavy atom. The maximum Gasteiger partial charge on any atom is 0.267 e. The summed E-state index contributed by atoms with van der Waals surface area (Å²) < 4.78 is 1.70. The molecule has 1 fully saturated rings. The van der Waals surface area contributed by atoms with Gasteiger partial charge in [0.15, 0.2) is 0 Å². The molecule has 0 saturated carbocycles. The van der Waals surface area contributed by atoms with Gasteiger partial charge in [0.05, 0.1) is 17.8 Å². The summed E-state index contributed by atoms with van der Waals surface area (Å²) in [5.41, 5.74) is 4.48. The Labute approximate surface area is 162 Å². The van der Waals surface area contributed by atoms with Gasteiger partial charge in [-0.1, -0.05) is 18.2 Å². The fraction of sp³-hybridized carbons (Fsp3) is 0.381. The molecule has 0 aliphatic carbocycles. The number of thioether (sulfide) groups is 1. The predicted octanol–water partition coefficient (Wildman–Crippen LogP) is 3.25. The highest BCUT2D eigenvalue weighted by atomic mass is 32.2. The fourth-order valence-electron chi connectivity index (χ4n) is 4.26.